The van der Waals surface area contributed by atoms with Crippen LogP contribution >= 0.6 is 0 Å². The van der Waals surface area contributed by atoms with E-state index in [-0.39, 0.29) is 11.5 Å². The van der Waals surface area contributed by atoms with E-state index in [1.165, 1.54) is 5.56 Å². The zero-order valence-electron chi connectivity index (χ0n) is 9.36. The number of carbonyl (C=O) groups is 1. The highest BCUT2D eigenvalue weighted by atomic mass is 16.4. The molecule has 0 fully saturated rings. The number of unbranched alkanes of at least 4 members (excludes halogenated alkanes) is 1. The number of oxime groups is 1. The Labute approximate surface area is 94.8 Å². The molecule has 0 spiro atoms. The smallest absolute Gasteiger partial charge is 0.211 e. The Balaban J connectivity index is 2.28. The molecule has 0 aromatic heterocycles. The van der Waals surface area contributed by atoms with E-state index in [9.17, 15) is 4.79 Å². The average molecular weight is 217 g/mol. The third-order valence-corrected chi connectivity index (χ3v) is 2.98. The van der Waals surface area contributed by atoms with E-state index in [4.69, 9.17) is 5.21 Å². The number of carbonyl (C=O) groups excluding carboxylic acids is 1. The highest BCUT2D eigenvalue weighted by Crippen LogP contribution is 2.22. The number of fused-ring (bicyclic) bond motifs is 1. The van der Waals surface area contributed by atoms with Gasteiger partial charge in [0, 0.05) is 12.0 Å². The lowest BCUT2D eigenvalue weighted by atomic mass is 10.0. The van der Waals surface area contributed by atoms with Gasteiger partial charge in [0.1, 0.15) is 5.71 Å². The normalized spacial score (nSPS) is 16.8. The van der Waals surface area contributed by atoms with Gasteiger partial charge < -0.3 is 5.21 Å². The molecule has 0 saturated heterocycles. The third-order valence-electron chi connectivity index (χ3n) is 2.98. The predicted molar refractivity (Wildman–Crippen MR) is 62.3 cm³/mol. The standard InChI is InChI=1S/C13H15NO2/c1-2-3-4-9-5-6-10-8-12(14-16)13(15)11(10)7-9/h5-7,16H,2-4,8H2,1H3/b14-12+. The summed E-state index contributed by atoms with van der Waals surface area (Å²) in [5, 5.41) is 11.7. The van der Waals surface area contributed by atoms with Crippen LogP contribution in [0.1, 0.15) is 41.3 Å². The largest absolute Gasteiger partial charge is 0.411 e. The molecule has 1 aromatic carbocycles. The van der Waals surface area contributed by atoms with Crippen molar-refractivity contribution >= 4 is 11.5 Å². The first-order chi connectivity index (χ1) is 7.76. The number of hydrogen-bond acceptors (Lipinski definition) is 3. The van der Waals surface area contributed by atoms with E-state index in [1.54, 1.807) is 0 Å². The van der Waals surface area contributed by atoms with Gasteiger partial charge in [-0.05, 0) is 30.0 Å². The summed E-state index contributed by atoms with van der Waals surface area (Å²) in [6, 6.07) is 5.96. The van der Waals surface area contributed by atoms with E-state index < -0.39 is 0 Å². The molecule has 0 heterocycles. The molecule has 1 aliphatic carbocycles. The molecule has 2 rings (SSSR count). The van der Waals surface area contributed by atoms with Crippen molar-refractivity contribution in [3.05, 3.63) is 34.9 Å². The van der Waals surface area contributed by atoms with E-state index in [0.717, 1.165) is 24.8 Å². The first-order valence-corrected chi connectivity index (χ1v) is 5.63. The number of hydrogen-bond donors (Lipinski definition) is 1. The highest BCUT2D eigenvalue weighted by molar-refractivity contribution is 6.49. The van der Waals surface area contributed by atoms with Crippen molar-refractivity contribution in [1.82, 2.24) is 0 Å². The van der Waals surface area contributed by atoms with Crippen molar-refractivity contribution in [2.75, 3.05) is 0 Å². The van der Waals surface area contributed by atoms with Gasteiger partial charge in [0.05, 0.1) is 0 Å². The minimum absolute atomic E-state index is 0.129. The van der Waals surface area contributed by atoms with Crippen molar-refractivity contribution in [1.29, 1.82) is 0 Å². The Bertz CT molecular complexity index is 449. The quantitative estimate of drug-likeness (QED) is 0.625. The van der Waals surface area contributed by atoms with Crippen LogP contribution in [0.4, 0.5) is 0 Å². The van der Waals surface area contributed by atoms with Gasteiger partial charge >= 0.3 is 0 Å². The first-order valence-electron chi connectivity index (χ1n) is 5.63. The molecule has 16 heavy (non-hydrogen) atoms. The molecule has 0 unspecified atom stereocenters. The minimum atomic E-state index is -0.129. The maximum atomic E-state index is 11.8. The molecule has 0 saturated carbocycles. The second kappa shape index (κ2) is 4.47. The summed E-state index contributed by atoms with van der Waals surface area (Å²) in [6.45, 7) is 2.15. The van der Waals surface area contributed by atoms with E-state index >= 15 is 0 Å². The van der Waals surface area contributed by atoms with Gasteiger partial charge in [-0.1, -0.05) is 30.6 Å². The lowest BCUT2D eigenvalue weighted by Gasteiger charge is -2.02. The van der Waals surface area contributed by atoms with Gasteiger partial charge in [-0.3, -0.25) is 4.79 Å². The van der Waals surface area contributed by atoms with Gasteiger partial charge in [-0.15, -0.1) is 0 Å². The molecule has 1 aliphatic rings. The summed E-state index contributed by atoms with van der Waals surface area (Å²) in [6.07, 6.45) is 3.74. The number of ketones is 1. The maximum absolute atomic E-state index is 11.8. The van der Waals surface area contributed by atoms with Crippen molar-refractivity contribution < 1.29 is 10.0 Å². The van der Waals surface area contributed by atoms with Crippen LogP contribution < -0.4 is 0 Å². The van der Waals surface area contributed by atoms with Crippen molar-refractivity contribution in [2.24, 2.45) is 5.16 Å². The molecule has 0 radical (unpaired) electrons. The van der Waals surface area contributed by atoms with Crippen LogP contribution in [0.25, 0.3) is 0 Å². The Morgan fingerprint density at radius 2 is 2.25 bits per heavy atom. The summed E-state index contributed by atoms with van der Waals surface area (Å²) >= 11 is 0. The number of Topliss-reactive ketones (excluding diaryl/α,β-unsaturated/α-hetero) is 1. The summed E-state index contributed by atoms with van der Waals surface area (Å²) in [4.78, 5) is 11.8. The Hall–Kier alpha value is -1.64. The predicted octanol–water partition coefficient (Wildman–Crippen LogP) is 2.60. The van der Waals surface area contributed by atoms with Gasteiger partial charge in [-0.2, -0.15) is 0 Å². The first kappa shape index (κ1) is 10.9. The lowest BCUT2D eigenvalue weighted by Crippen LogP contribution is -2.07. The SMILES string of the molecule is CCCCc1ccc2c(c1)C(=O)/C(=N/O)C2. The molecule has 1 aromatic rings. The van der Waals surface area contributed by atoms with Crippen molar-refractivity contribution in [2.45, 2.75) is 32.6 Å². The monoisotopic (exact) mass is 217 g/mol. The summed E-state index contributed by atoms with van der Waals surface area (Å²) in [5.74, 6) is -0.129. The molecular weight excluding hydrogens is 202 g/mol. The molecule has 0 bridgehead atoms. The van der Waals surface area contributed by atoms with Crippen LogP contribution in [-0.2, 0) is 12.8 Å². The second-order valence-corrected chi connectivity index (χ2v) is 4.15. The number of benzene rings is 1. The minimum Gasteiger partial charge on any atom is -0.411 e. The van der Waals surface area contributed by atoms with Crippen LogP contribution in [0.2, 0.25) is 0 Å². The Kier molecular flexibility index (Phi) is 3.04. The van der Waals surface area contributed by atoms with Crippen molar-refractivity contribution in [3.8, 4) is 0 Å². The number of rotatable bonds is 3. The second-order valence-electron chi connectivity index (χ2n) is 4.15. The van der Waals surface area contributed by atoms with Gasteiger partial charge in [0.15, 0.2) is 0 Å². The molecule has 0 atom stereocenters. The fourth-order valence-corrected chi connectivity index (χ4v) is 2.02. The zero-order chi connectivity index (χ0) is 11.5. The average Bonchev–Trinajstić information content (AvgIpc) is 2.63. The maximum Gasteiger partial charge on any atom is 0.211 e. The summed E-state index contributed by atoms with van der Waals surface area (Å²) in [7, 11) is 0. The third kappa shape index (κ3) is 1.85. The van der Waals surface area contributed by atoms with Crippen LogP contribution in [0.5, 0.6) is 0 Å². The van der Waals surface area contributed by atoms with E-state index in [0.29, 0.717) is 12.0 Å². The molecule has 0 amide bonds. The Morgan fingerprint density at radius 1 is 1.44 bits per heavy atom. The molecule has 3 nitrogen and oxygen atoms in total. The van der Waals surface area contributed by atoms with Crippen LogP contribution in [0.15, 0.2) is 23.4 Å². The van der Waals surface area contributed by atoms with Gasteiger partial charge in [0.2, 0.25) is 5.78 Å². The molecule has 1 N–H and O–H groups in total. The van der Waals surface area contributed by atoms with E-state index in [1.807, 2.05) is 12.1 Å². The fraction of sp³-hybridized carbons (Fsp3) is 0.385. The van der Waals surface area contributed by atoms with Gasteiger partial charge in [-0.25, -0.2) is 0 Å². The van der Waals surface area contributed by atoms with Gasteiger partial charge in [0.25, 0.3) is 0 Å². The molecule has 84 valence electrons. The lowest BCUT2D eigenvalue weighted by molar-refractivity contribution is 0.106. The van der Waals surface area contributed by atoms with Crippen LogP contribution in [0, 0.1) is 0 Å². The summed E-state index contributed by atoms with van der Waals surface area (Å²) < 4.78 is 0. The molecule has 3 heteroatoms. The molecule has 0 aliphatic heterocycles. The zero-order valence-corrected chi connectivity index (χ0v) is 9.36. The van der Waals surface area contributed by atoms with E-state index in [2.05, 4.69) is 18.1 Å². The molecular formula is C13H15NO2. The summed E-state index contributed by atoms with van der Waals surface area (Å²) in [5.41, 5.74) is 3.12. The highest BCUT2D eigenvalue weighted by Gasteiger charge is 2.26. The Morgan fingerprint density at radius 3 is 2.94 bits per heavy atom. The van der Waals surface area contributed by atoms with Crippen molar-refractivity contribution in [3.63, 3.8) is 0 Å². The fourth-order valence-electron chi connectivity index (χ4n) is 2.02. The van der Waals surface area contributed by atoms with Crippen LogP contribution in [0.3, 0.4) is 0 Å². The van der Waals surface area contributed by atoms with Crippen LogP contribution in [-0.4, -0.2) is 16.7 Å². The number of nitrogens with zero attached hydrogens (tertiary/aromatic N) is 1. The topological polar surface area (TPSA) is 49.7 Å². The number of aryl methyl sites for hydroxylation is 1.